The molecule has 0 radical (unpaired) electrons. The van der Waals surface area contributed by atoms with Crippen molar-refractivity contribution in [3.05, 3.63) is 108 Å². The Balaban J connectivity index is 1.86. The molecule has 0 bridgehead atoms. The van der Waals surface area contributed by atoms with E-state index in [9.17, 15) is 4.79 Å². The highest BCUT2D eigenvalue weighted by molar-refractivity contribution is 6.12. The molecule has 0 unspecified atom stereocenters. The lowest BCUT2D eigenvalue weighted by Crippen LogP contribution is -2.01. The molecule has 26 heavy (non-hydrogen) atoms. The molecular weight excluding hydrogens is 320 g/mol. The molecule has 1 heterocycles. The van der Waals surface area contributed by atoms with E-state index in [1.54, 1.807) is 4.68 Å². The summed E-state index contributed by atoms with van der Waals surface area (Å²) in [6, 6.07) is 27.2. The standard InChI is InChI=1S/C23H18N2O/c1-17-12-14-20(15-13-17)25-16-21(23(26)19-10-6-3-7-11-19)22(24-25)18-8-4-2-5-9-18/h2-16H,1H3. The lowest BCUT2D eigenvalue weighted by Gasteiger charge is -2.02. The first kappa shape index (κ1) is 16.0. The Bertz CT molecular complexity index is 1030. The molecule has 126 valence electrons. The summed E-state index contributed by atoms with van der Waals surface area (Å²) >= 11 is 0. The van der Waals surface area contributed by atoms with Crippen LogP contribution in [0.2, 0.25) is 0 Å². The highest BCUT2D eigenvalue weighted by Gasteiger charge is 2.19. The first-order valence-corrected chi connectivity index (χ1v) is 8.54. The van der Waals surface area contributed by atoms with Crippen LogP contribution in [-0.2, 0) is 0 Å². The van der Waals surface area contributed by atoms with Gasteiger partial charge in [-0.3, -0.25) is 4.79 Å². The van der Waals surface area contributed by atoms with Crippen molar-refractivity contribution < 1.29 is 4.79 Å². The summed E-state index contributed by atoms with van der Waals surface area (Å²) in [4.78, 5) is 13.1. The molecule has 0 aliphatic heterocycles. The molecule has 0 fully saturated rings. The second kappa shape index (κ2) is 6.81. The molecule has 1 aromatic heterocycles. The molecule has 0 atom stereocenters. The van der Waals surface area contributed by atoms with Gasteiger partial charge in [-0.05, 0) is 19.1 Å². The number of aromatic nitrogens is 2. The number of nitrogens with zero attached hydrogens (tertiary/aromatic N) is 2. The van der Waals surface area contributed by atoms with Crippen LogP contribution in [0.1, 0.15) is 21.5 Å². The Morgan fingerprint density at radius 2 is 1.42 bits per heavy atom. The maximum absolute atomic E-state index is 13.1. The third kappa shape index (κ3) is 3.07. The van der Waals surface area contributed by atoms with Gasteiger partial charge < -0.3 is 0 Å². The van der Waals surface area contributed by atoms with Crippen LogP contribution < -0.4 is 0 Å². The molecule has 4 aromatic rings. The van der Waals surface area contributed by atoms with Gasteiger partial charge in [0.1, 0.15) is 5.69 Å². The predicted octanol–water partition coefficient (Wildman–Crippen LogP) is 5.08. The van der Waals surface area contributed by atoms with Crippen molar-refractivity contribution in [2.75, 3.05) is 0 Å². The molecule has 3 nitrogen and oxygen atoms in total. The first-order valence-electron chi connectivity index (χ1n) is 8.54. The number of carbonyl (C=O) groups is 1. The zero-order chi connectivity index (χ0) is 17.9. The van der Waals surface area contributed by atoms with Crippen LogP contribution in [0.25, 0.3) is 16.9 Å². The van der Waals surface area contributed by atoms with Gasteiger partial charge >= 0.3 is 0 Å². The van der Waals surface area contributed by atoms with Crippen molar-refractivity contribution >= 4 is 5.78 Å². The number of hydrogen-bond donors (Lipinski definition) is 0. The third-order valence-electron chi connectivity index (χ3n) is 4.34. The largest absolute Gasteiger partial charge is 0.288 e. The molecule has 0 aliphatic rings. The average Bonchev–Trinajstić information content (AvgIpc) is 3.15. The quantitative estimate of drug-likeness (QED) is 0.486. The number of aryl methyl sites for hydroxylation is 1. The molecule has 0 amide bonds. The molecule has 0 N–H and O–H groups in total. The van der Waals surface area contributed by atoms with Gasteiger partial charge in [-0.1, -0.05) is 78.4 Å². The van der Waals surface area contributed by atoms with E-state index in [2.05, 4.69) is 0 Å². The summed E-state index contributed by atoms with van der Waals surface area (Å²) < 4.78 is 1.78. The summed E-state index contributed by atoms with van der Waals surface area (Å²) in [5.41, 5.74) is 5.00. The van der Waals surface area contributed by atoms with Crippen molar-refractivity contribution in [3.63, 3.8) is 0 Å². The van der Waals surface area contributed by atoms with Crippen molar-refractivity contribution in [1.82, 2.24) is 9.78 Å². The summed E-state index contributed by atoms with van der Waals surface area (Å²) in [7, 11) is 0. The van der Waals surface area contributed by atoms with Gasteiger partial charge in [-0.15, -0.1) is 0 Å². The average molecular weight is 338 g/mol. The van der Waals surface area contributed by atoms with Gasteiger partial charge in [-0.2, -0.15) is 5.10 Å². The Morgan fingerprint density at radius 1 is 0.808 bits per heavy atom. The van der Waals surface area contributed by atoms with Crippen LogP contribution >= 0.6 is 0 Å². The first-order chi connectivity index (χ1) is 12.7. The van der Waals surface area contributed by atoms with Gasteiger partial charge in [0.15, 0.2) is 5.78 Å². The van der Waals surface area contributed by atoms with Crippen LogP contribution in [-0.4, -0.2) is 15.6 Å². The summed E-state index contributed by atoms with van der Waals surface area (Å²) in [6.07, 6.45) is 1.82. The second-order valence-electron chi connectivity index (χ2n) is 6.23. The molecule has 3 heteroatoms. The van der Waals surface area contributed by atoms with Crippen molar-refractivity contribution in [2.24, 2.45) is 0 Å². The van der Waals surface area contributed by atoms with Gasteiger partial charge in [0.05, 0.1) is 11.3 Å². The second-order valence-corrected chi connectivity index (χ2v) is 6.23. The highest BCUT2D eigenvalue weighted by atomic mass is 16.1. The van der Waals surface area contributed by atoms with E-state index in [0.717, 1.165) is 11.3 Å². The van der Waals surface area contributed by atoms with E-state index in [1.807, 2.05) is 98.0 Å². The number of rotatable bonds is 4. The molecule has 3 aromatic carbocycles. The maximum Gasteiger partial charge on any atom is 0.196 e. The number of ketones is 1. The van der Waals surface area contributed by atoms with E-state index in [-0.39, 0.29) is 5.78 Å². The summed E-state index contributed by atoms with van der Waals surface area (Å²) in [6.45, 7) is 2.05. The monoisotopic (exact) mass is 338 g/mol. The predicted molar refractivity (Wildman–Crippen MR) is 104 cm³/mol. The molecular formula is C23H18N2O. The van der Waals surface area contributed by atoms with Crippen LogP contribution in [0.4, 0.5) is 0 Å². The van der Waals surface area contributed by atoms with Gasteiger partial charge in [0.2, 0.25) is 0 Å². The zero-order valence-corrected chi connectivity index (χ0v) is 14.5. The zero-order valence-electron chi connectivity index (χ0n) is 14.5. The lowest BCUT2D eigenvalue weighted by atomic mass is 10.0. The van der Waals surface area contributed by atoms with Crippen LogP contribution in [0.15, 0.2) is 91.1 Å². The number of carbonyl (C=O) groups excluding carboxylic acids is 1. The van der Waals surface area contributed by atoms with Crippen LogP contribution in [0.3, 0.4) is 0 Å². The summed E-state index contributed by atoms with van der Waals surface area (Å²) in [5, 5.41) is 4.72. The Kier molecular flexibility index (Phi) is 4.20. The number of benzene rings is 3. The topological polar surface area (TPSA) is 34.9 Å². The van der Waals surface area contributed by atoms with Crippen molar-refractivity contribution in [2.45, 2.75) is 6.92 Å². The SMILES string of the molecule is Cc1ccc(-n2cc(C(=O)c3ccccc3)c(-c3ccccc3)n2)cc1. The van der Waals surface area contributed by atoms with Crippen molar-refractivity contribution in [3.8, 4) is 16.9 Å². The lowest BCUT2D eigenvalue weighted by molar-refractivity contribution is 0.103. The normalized spacial score (nSPS) is 10.7. The Labute approximate surface area is 152 Å². The molecule has 0 spiro atoms. The molecule has 0 saturated heterocycles. The van der Waals surface area contributed by atoms with E-state index < -0.39 is 0 Å². The third-order valence-corrected chi connectivity index (χ3v) is 4.34. The summed E-state index contributed by atoms with van der Waals surface area (Å²) in [5.74, 6) is -0.0252. The molecule has 0 saturated carbocycles. The highest BCUT2D eigenvalue weighted by Crippen LogP contribution is 2.26. The Hall–Kier alpha value is -3.46. The smallest absolute Gasteiger partial charge is 0.196 e. The van der Waals surface area contributed by atoms with Gasteiger partial charge in [0.25, 0.3) is 0 Å². The Morgan fingerprint density at radius 3 is 2.08 bits per heavy atom. The minimum Gasteiger partial charge on any atom is -0.288 e. The van der Waals surface area contributed by atoms with Crippen LogP contribution in [0.5, 0.6) is 0 Å². The molecule has 4 rings (SSSR count). The van der Waals surface area contributed by atoms with E-state index in [4.69, 9.17) is 5.10 Å². The van der Waals surface area contributed by atoms with E-state index in [0.29, 0.717) is 16.8 Å². The van der Waals surface area contributed by atoms with Crippen molar-refractivity contribution in [1.29, 1.82) is 0 Å². The maximum atomic E-state index is 13.1. The number of hydrogen-bond acceptors (Lipinski definition) is 2. The fourth-order valence-electron chi connectivity index (χ4n) is 2.92. The van der Waals surface area contributed by atoms with Crippen LogP contribution in [0, 0.1) is 6.92 Å². The van der Waals surface area contributed by atoms with E-state index >= 15 is 0 Å². The fraction of sp³-hybridized carbons (Fsp3) is 0.0435. The minimum atomic E-state index is -0.0252. The fourth-order valence-corrected chi connectivity index (χ4v) is 2.92. The van der Waals surface area contributed by atoms with E-state index in [1.165, 1.54) is 5.56 Å². The molecule has 0 aliphatic carbocycles. The van der Waals surface area contributed by atoms with Gasteiger partial charge in [-0.25, -0.2) is 4.68 Å². The van der Waals surface area contributed by atoms with Gasteiger partial charge in [0, 0.05) is 17.3 Å². The minimum absolute atomic E-state index is 0.0252.